The van der Waals surface area contributed by atoms with Crippen molar-refractivity contribution in [2.24, 2.45) is 5.92 Å². The van der Waals surface area contributed by atoms with E-state index in [0.29, 0.717) is 18.6 Å². The van der Waals surface area contributed by atoms with Crippen LogP contribution in [0, 0.1) is 5.92 Å². The van der Waals surface area contributed by atoms with E-state index in [1.807, 2.05) is 42.5 Å². The highest BCUT2D eigenvalue weighted by Gasteiger charge is 2.39. The smallest absolute Gasteiger partial charge is 0.255 e. The predicted molar refractivity (Wildman–Crippen MR) is 127 cm³/mol. The molecular formula is C26H31F2N3O4. The molecule has 0 spiro atoms. The molecule has 1 aliphatic heterocycles. The highest BCUT2D eigenvalue weighted by molar-refractivity contribution is 5.88. The highest BCUT2D eigenvalue weighted by atomic mass is 19.3. The van der Waals surface area contributed by atoms with E-state index in [0.717, 1.165) is 16.0 Å². The van der Waals surface area contributed by atoms with E-state index in [9.17, 15) is 23.2 Å². The van der Waals surface area contributed by atoms with Gasteiger partial charge in [0.15, 0.2) is 0 Å². The molecule has 35 heavy (non-hydrogen) atoms. The molecule has 3 amide bonds. The summed E-state index contributed by atoms with van der Waals surface area (Å²) in [5, 5.41) is 5.50. The van der Waals surface area contributed by atoms with Gasteiger partial charge in [-0.15, -0.1) is 0 Å². The molecule has 2 N–H and O–H groups in total. The Kier molecular flexibility index (Phi) is 9.57. The first kappa shape index (κ1) is 26.1. The third kappa shape index (κ3) is 7.77. The fourth-order valence-corrected chi connectivity index (χ4v) is 4.23. The summed E-state index contributed by atoms with van der Waals surface area (Å²) in [6, 6.07) is 15.2. The number of benzene rings is 2. The highest BCUT2D eigenvalue weighted by Crippen LogP contribution is 2.23. The molecule has 188 valence electrons. The Hall–Kier alpha value is -3.49. The topological polar surface area (TPSA) is 87.7 Å². The minimum Gasteiger partial charge on any atom is -0.497 e. The minimum absolute atomic E-state index is 0.0272. The van der Waals surface area contributed by atoms with Crippen molar-refractivity contribution in [3.8, 4) is 5.75 Å². The number of alkyl halides is 2. The van der Waals surface area contributed by atoms with E-state index in [1.165, 1.54) is 0 Å². The number of carbonyl (C=O) groups excluding carboxylic acids is 3. The maximum atomic E-state index is 13.6. The average molecular weight is 488 g/mol. The lowest BCUT2D eigenvalue weighted by molar-refractivity contribution is -0.145. The molecule has 1 aliphatic rings. The molecule has 0 bridgehead atoms. The Morgan fingerprint density at radius 3 is 2.43 bits per heavy atom. The predicted octanol–water partition coefficient (Wildman–Crippen LogP) is 2.93. The van der Waals surface area contributed by atoms with Crippen LogP contribution < -0.4 is 15.4 Å². The second-order valence-electron chi connectivity index (χ2n) is 8.54. The molecule has 0 aliphatic carbocycles. The number of nitrogens with one attached hydrogen (secondary N) is 2. The molecule has 1 heterocycles. The summed E-state index contributed by atoms with van der Waals surface area (Å²) >= 11 is 0. The van der Waals surface area contributed by atoms with Crippen molar-refractivity contribution >= 4 is 17.7 Å². The van der Waals surface area contributed by atoms with Crippen LogP contribution in [0.2, 0.25) is 0 Å². The fraction of sp³-hybridized carbons (Fsp3) is 0.423. The van der Waals surface area contributed by atoms with Gasteiger partial charge in [0.25, 0.3) is 6.43 Å². The van der Waals surface area contributed by atoms with Crippen molar-refractivity contribution in [1.29, 1.82) is 0 Å². The normalized spacial score (nSPS) is 16.3. The third-order valence-corrected chi connectivity index (χ3v) is 6.11. The van der Waals surface area contributed by atoms with Crippen LogP contribution in [-0.4, -0.2) is 55.3 Å². The number of methoxy groups -OCH3 is 1. The molecule has 1 fully saturated rings. The van der Waals surface area contributed by atoms with Crippen LogP contribution in [0.25, 0.3) is 0 Å². The number of piperidine rings is 1. The van der Waals surface area contributed by atoms with E-state index in [-0.39, 0.29) is 31.8 Å². The Bertz CT molecular complexity index is 976. The Morgan fingerprint density at radius 1 is 1.11 bits per heavy atom. The maximum Gasteiger partial charge on any atom is 0.255 e. The van der Waals surface area contributed by atoms with Crippen molar-refractivity contribution < 1.29 is 27.9 Å². The van der Waals surface area contributed by atoms with E-state index < -0.39 is 36.7 Å². The molecule has 0 radical (unpaired) electrons. The number of nitrogens with zero attached hydrogens (tertiary/aromatic N) is 1. The lowest BCUT2D eigenvalue weighted by atomic mass is 9.89. The second kappa shape index (κ2) is 12.8. The molecule has 0 aromatic heterocycles. The monoisotopic (exact) mass is 487 g/mol. The molecule has 2 aromatic carbocycles. The molecular weight excluding hydrogens is 456 g/mol. The van der Waals surface area contributed by atoms with E-state index in [2.05, 4.69) is 10.6 Å². The van der Waals surface area contributed by atoms with Crippen LogP contribution in [0.4, 0.5) is 8.78 Å². The summed E-state index contributed by atoms with van der Waals surface area (Å²) in [5.41, 5.74) is 1.70. The van der Waals surface area contributed by atoms with Gasteiger partial charge in [0, 0.05) is 31.8 Å². The van der Waals surface area contributed by atoms with Crippen molar-refractivity contribution in [2.75, 3.05) is 20.2 Å². The second-order valence-corrected chi connectivity index (χ2v) is 8.54. The zero-order valence-corrected chi connectivity index (χ0v) is 19.7. The largest absolute Gasteiger partial charge is 0.497 e. The van der Waals surface area contributed by atoms with Gasteiger partial charge in [-0.3, -0.25) is 14.4 Å². The van der Waals surface area contributed by atoms with Crippen molar-refractivity contribution in [2.45, 2.75) is 44.7 Å². The number of hydrogen-bond donors (Lipinski definition) is 2. The van der Waals surface area contributed by atoms with Crippen molar-refractivity contribution in [3.63, 3.8) is 0 Å². The van der Waals surface area contributed by atoms with Gasteiger partial charge in [-0.25, -0.2) is 8.78 Å². The molecule has 2 atom stereocenters. The first-order valence-electron chi connectivity index (χ1n) is 11.7. The SMILES string of the molecule is COc1ccc(CCC(=O)N(CC(F)F)C(C(=O)NCc2ccccc2)C2CCC(=O)NC2)cc1. The lowest BCUT2D eigenvalue weighted by Crippen LogP contribution is -2.57. The number of carbonyl (C=O) groups is 3. The standard InChI is InChI=1S/C26H31F2N3O4/c1-35-21-11-7-18(8-12-21)9-14-24(33)31(17-22(27)28)25(20-10-13-23(32)29-16-20)26(34)30-15-19-5-3-2-4-6-19/h2-8,11-12,20,22,25H,9-10,13-17H2,1H3,(H,29,32)(H,30,34). The summed E-state index contributed by atoms with van der Waals surface area (Å²) in [4.78, 5) is 39.2. The average Bonchev–Trinajstić information content (AvgIpc) is 2.87. The van der Waals surface area contributed by atoms with Crippen LogP contribution in [0.1, 0.15) is 30.4 Å². The van der Waals surface area contributed by atoms with Gasteiger partial charge in [-0.1, -0.05) is 42.5 Å². The van der Waals surface area contributed by atoms with Gasteiger partial charge in [-0.05, 0) is 36.1 Å². The number of hydrogen-bond acceptors (Lipinski definition) is 4. The van der Waals surface area contributed by atoms with Crippen LogP contribution in [0.3, 0.4) is 0 Å². The molecule has 7 nitrogen and oxygen atoms in total. The van der Waals surface area contributed by atoms with Crippen molar-refractivity contribution in [1.82, 2.24) is 15.5 Å². The molecule has 9 heteroatoms. The van der Waals surface area contributed by atoms with Gasteiger partial charge in [0.1, 0.15) is 11.8 Å². The van der Waals surface area contributed by atoms with Crippen LogP contribution in [0.15, 0.2) is 54.6 Å². The van der Waals surface area contributed by atoms with Gasteiger partial charge < -0.3 is 20.3 Å². The summed E-state index contributed by atoms with van der Waals surface area (Å²) in [6.07, 6.45) is -1.98. The Labute approximate surface area is 203 Å². The molecule has 2 aromatic rings. The van der Waals surface area contributed by atoms with Gasteiger partial charge in [-0.2, -0.15) is 0 Å². The summed E-state index contributed by atoms with van der Waals surface area (Å²) < 4.78 is 32.3. The quantitative estimate of drug-likeness (QED) is 0.510. The van der Waals surface area contributed by atoms with Crippen LogP contribution >= 0.6 is 0 Å². The minimum atomic E-state index is -2.80. The molecule has 3 rings (SSSR count). The van der Waals surface area contributed by atoms with Gasteiger partial charge in [0.2, 0.25) is 17.7 Å². The number of rotatable bonds is 11. The lowest BCUT2D eigenvalue weighted by Gasteiger charge is -2.37. The van der Waals surface area contributed by atoms with Crippen LogP contribution in [-0.2, 0) is 27.3 Å². The zero-order valence-electron chi connectivity index (χ0n) is 19.7. The Morgan fingerprint density at radius 2 is 1.83 bits per heavy atom. The number of ether oxygens (including phenoxy) is 1. The summed E-state index contributed by atoms with van der Waals surface area (Å²) in [5.74, 6) is -0.983. The van der Waals surface area contributed by atoms with Gasteiger partial charge in [0.05, 0.1) is 13.7 Å². The molecule has 1 saturated heterocycles. The fourth-order valence-electron chi connectivity index (χ4n) is 4.23. The van der Waals surface area contributed by atoms with Crippen LogP contribution in [0.5, 0.6) is 5.75 Å². The summed E-state index contributed by atoms with van der Waals surface area (Å²) in [6.45, 7) is -0.499. The van der Waals surface area contributed by atoms with Crippen molar-refractivity contribution in [3.05, 3.63) is 65.7 Å². The van der Waals surface area contributed by atoms with E-state index in [1.54, 1.807) is 19.2 Å². The first-order chi connectivity index (χ1) is 16.9. The maximum absolute atomic E-state index is 13.6. The number of halogens is 2. The van der Waals surface area contributed by atoms with E-state index in [4.69, 9.17) is 4.74 Å². The zero-order chi connectivity index (χ0) is 25.2. The first-order valence-corrected chi connectivity index (χ1v) is 11.7. The number of aryl methyl sites for hydroxylation is 1. The van der Waals surface area contributed by atoms with Gasteiger partial charge >= 0.3 is 0 Å². The Balaban J connectivity index is 1.77. The summed E-state index contributed by atoms with van der Waals surface area (Å²) in [7, 11) is 1.55. The van der Waals surface area contributed by atoms with E-state index >= 15 is 0 Å². The molecule has 2 unspecified atom stereocenters. The third-order valence-electron chi connectivity index (χ3n) is 6.11. The number of amides is 3. The molecule has 0 saturated carbocycles.